The summed E-state index contributed by atoms with van der Waals surface area (Å²) >= 11 is 6.20. The van der Waals surface area contributed by atoms with Gasteiger partial charge in [0, 0.05) is 12.0 Å². The lowest BCUT2D eigenvalue weighted by molar-refractivity contribution is 0.607. The number of rotatable bonds is 9. The predicted molar refractivity (Wildman–Crippen MR) is 82.5 cm³/mol. The summed E-state index contributed by atoms with van der Waals surface area (Å²) in [7, 11) is 0. The highest BCUT2D eigenvalue weighted by Crippen LogP contribution is 2.22. The van der Waals surface area contributed by atoms with E-state index in [1.54, 1.807) is 0 Å². The SMILES string of the molecule is CCCCCCCCc1c(N)nc(CCC)nc1Cl. The first-order valence-corrected chi connectivity index (χ1v) is 7.87. The quantitative estimate of drug-likeness (QED) is 0.533. The van der Waals surface area contributed by atoms with Gasteiger partial charge in [0.1, 0.15) is 16.8 Å². The summed E-state index contributed by atoms with van der Waals surface area (Å²) in [6.45, 7) is 4.33. The minimum Gasteiger partial charge on any atom is -0.383 e. The average molecular weight is 284 g/mol. The Labute approximate surface area is 122 Å². The van der Waals surface area contributed by atoms with Gasteiger partial charge in [-0.05, 0) is 19.3 Å². The van der Waals surface area contributed by atoms with Crippen LogP contribution >= 0.6 is 11.6 Å². The van der Waals surface area contributed by atoms with E-state index in [1.165, 1.54) is 32.1 Å². The maximum Gasteiger partial charge on any atom is 0.138 e. The van der Waals surface area contributed by atoms with Crippen LogP contribution in [-0.4, -0.2) is 9.97 Å². The summed E-state index contributed by atoms with van der Waals surface area (Å²) in [5, 5.41) is 0.546. The minimum absolute atomic E-state index is 0.546. The first-order chi connectivity index (χ1) is 9.19. The molecule has 19 heavy (non-hydrogen) atoms. The molecule has 1 rings (SSSR count). The largest absolute Gasteiger partial charge is 0.383 e. The van der Waals surface area contributed by atoms with Crippen molar-refractivity contribution in [2.24, 2.45) is 0 Å². The second kappa shape index (κ2) is 9.13. The zero-order valence-corrected chi connectivity index (χ0v) is 13.0. The Bertz CT molecular complexity index is 357. The van der Waals surface area contributed by atoms with Crippen LogP contribution in [0.15, 0.2) is 0 Å². The first kappa shape index (κ1) is 16.2. The molecule has 0 saturated heterocycles. The number of hydrogen-bond acceptors (Lipinski definition) is 3. The number of aromatic nitrogens is 2. The Balaban J connectivity index is 2.45. The molecule has 0 atom stereocenters. The molecule has 0 bridgehead atoms. The molecule has 3 nitrogen and oxygen atoms in total. The number of nitrogen functional groups attached to an aromatic ring is 1. The summed E-state index contributed by atoms with van der Waals surface area (Å²) in [5.41, 5.74) is 6.91. The van der Waals surface area contributed by atoms with Crippen molar-refractivity contribution in [3.8, 4) is 0 Å². The van der Waals surface area contributed by atoms with Crippen molar-refractivity contribution in [2.75, 3.05) is 5.73 Å². The lowest BCUT2D eigenvalue weighted by atomic mass is 10.1. The van der Waals surface area contributed by atoms with E-state index in [-0.39, 0.29) is 0 Å². The monoisotopic (exact) mass is 283 g/mol. The van der Waals surface area contributed by atoms with Crippen LogP contribution in [0.5, 0.6) is 0 Å². The second-order valence-electron chi connectivity index (χ2n) is 5.06. The van der Waals surface area contributed by atoms with E-state index in [0.29, 0.717) is 11.0 Å². The van der Waals surface area contributed by atoms with E-state index in [2.05, 4.69) is 23.8 Å². The molecule has 0 aliphatic carbocycles. The third-order valence-electron chi connectivity index (χ3n) is 3.29. The highest BCUT2D eigenvalue weighted by atomic mass is 35.5. The summed E-state index contributed by atoms with van der Waals surface area (Å²) in [6.07, 6.45) is 10.3. The molecule has 4 heteroatoms. The predicted octanol–water partition coefficient (Wildman–Crippen LogP) is 4.57. The van der Waals surface area contributed by atoms with E-state index in [1.807, 2.05) is 0 Å². The Hall–Kier alpha value is -0.830. The van der Waals surface area contributed by atoms with Crippen LogP contribution in [0.4, 0.5) is 5.82 Å². The molecule has 0 amide bonds. The van der Waals surface area contributed by atoms with E-state index in [4.69, 9.17) is 17.3 Å². The highest BCUT2D eigenvalue weighted by molar-refractivity contribution is 6.30. The van der Waals surface area contributed by atoms with Gasteiger partial charge in [0.15, 0.2) is 0 Å². The Morgan fingerprint density at radius 3 is 2.21 bits per heavy atom. The van der Waals surface area contributed by atoms with Crippen molar-refractivity contribution >= 4 is 17.4 Å². The molecule has 1 aromatic rings. The van der Waals surface area contributed by atoms with Gasteiger partial charge in [-0.15, -0.1) is 0 Å². The van der Waals surface area contributed by atoms with Crippen molar-refractivity contribution in [3.05, 3.63) is 16.5 Å². The standard InChI is InChI=1S/C15H26ClN3/c1-3-5-6-7-8-9-11-12-14(16)18-13(10-4-2)19-15(12)17/h3-11H2,1-2H3,(H2,17,18,19). The molecule has 0 aliphatic heterocycles. The molecule has 0 spiro atoms. The Morgan fingerprint density at radius 1 is 0.895 bits per heavy atom. The van der Waals surface area contributed by atoms with Crippen molar-refractivity contribution in [1.82, 2.24) is 9.97 Å². The number of aryl methyl sites for hydroxylation is 1. The van der Waals surface area contributed by atoms with E-state index >= 15 is 0 Å². The summed E-state index contributed by atoms with van der Waals surface area (Å²) in [6, 6.07) is 0. The zero-order valence-electron chi connectivity index (χ0n) is 12.2. The summed E-state index contributed by atoms with van der Waals surface area (Å²) in [5.74, 6) is 1.33. The number of nitrogens with zero attached hydrogens (tertiary/aromatic N) is 2. The van der Waals surface area contributed by atoms with Crippen LogP contribution < -0.4 is 5.73 Å². The Morgan fingerprint density at radius 2 is 1.58 bits per heavy atom. The molecule has 0 saturated carbocycles. The normalized spacial score (nSPS) is 10.9. The van der Waals surface area contributed by atoms with Gasteiger partial charge in [-0.25, -0.2) is 9.97 Å². The van der Waals surface area contributed by atoms with Crippen LogP contribution in [0, 0.1) is 0 Å². The second-order valence-corrected chi connectivity index (χ2v) is 5.42. The van der Waals surface area contributed by atoms with E-state index < -0.39 is 0 Å². The lowest BCUT2D eigenvalue weighted by Gasteiger charge is -2.09. The molecule has 1 heterocycles. The molecule has 0 aromatic carbocycles. The van der Waals surface area contributed by atoms with Crippen LogP contribution in [-0.2, 0) is 12.8 Å². The molecule has 0 aliphatic rings. The highest BCUT2D eigenvalue weighted by Gasteiger charge is 2.10. The molecular formula is C15H26ClN3. The average Bonchev–Trinajstić information content (AvgIpc) is 2.36. The molecule has 0 unspecified atom stereocenters. The smallest absolute Gasteiger partial charge is 0.138 e. The topological polar surface area (TPSA) is 51.8 Å². The lowest BCUT2D eigenvalue weighted by Crippen LogP contribution is -2.05. The van der Waals surface area contributed by atoms with Crippen molar-refractivity contribution in [3.63, 3.8) is 0 Å². The van der Waals surface area contributed by atoms with Crippen LogP contribution in [0.1, 0.15) is 70.2 Å². The van der Waals surface area contributed by atoms with Gasteiger partial charge >= 0.3 is 0 Å². The number of halogens is 1. The first-order valence-electron chi connectivity index (χ1n) is 7.49. The van der Waals surface area contributed by atoms with Gasteiger partial charge in [0.05, 0.1) is 0 Å². The maximum absolute atomic E-state index is 6.20. The molecule has 0 radical (unpaired) electrons. The summed E-state index contributed by atoms with van der Waals surface area (Å²) in [4.78, 5) is 8.66. The van der Waals surface area contributed by atoms with Crippen LogP contribution in [0.2, 0.25) is 5.15 Å². The minimum atomic E-state index is 0.546. The van der Waals surface area contributed by atoms with Gasteiger partial charge in [-0.2, -0.15) is 0 Å². The fourth-order valence-electron chi connectivity index (χ4n) is 2.17. The third-order valence-corrected chi connectivity index (χ3v) is 3.60. The Kier molecular flexibility index (Phi) is 7.80. The molecule has 108 valence electrons. The van der Waals surface area contributed by atoms with Gasteiger partial charge in [0.2, 0.25) is 0 Å². The van der Waals surface area contributed by atoms with E-state index in [9.17, 15) is 0 Å². The van der Waals surface area contributed by atoms with Gasteiger partial charge in [0.25, 0.3) is 0 Å². The van der Waals surface area contributed by atoms with Crippen molar-refractivity contribution in [2.45, 2.75) is 71.6 Å². The van der Waals surface area contributed by atoms with E-state index in [0.717, 1.165) is 37.1 Å². The van der Waals surface area contributed by atoms with Crippen LogP contribution in [0.25, 0.3) is 0 Å². The molecule has 1 aromatic heterocycles. The van der Waals surface area contributed by atoms with Crippen LogP contribution in [0.3, 0.4) is 0 Å². The van der Waals surface area contributed by atoms with Gasteiger partial charge < -0.3 is 5.73 Å². The number of nitrogens with two attached hydrogens (primary N) is 1. The fourth-order valence-corrected chi connectivity index (χ4v) is 2.46. The summed E-state index contributed by atoms with van der Waals surface area (Å²) < 4.78 is 0. The number of anilines is 1. The molecule has 2 N–H and O–H groups in total. The van der Waals surface area contributed by atoms with Gasteiger partial charge in [-0.3, -0.25) is 0 Å². The third kappa shape index (κ3) is 5.77. The molecular weight excluding hydrogens is 258 g/mol. The van der Waals surface area contributed by atoms with Crippen molar-refractivity contribution in [1.29, 1.82) is 0 Å². The van der Waals surface area contributed by atoms with Crippen molar-refractivity contribution < 1.29 is 0 Å². The fraction of sp³-hybridized carbons (Fsp3) is 0.733. The molecule has 0 fully saturated rings. The van der Waals surface area contributed by atoms with Gasteiger partial charge in [-0.1, -0.05) is 57.6 Å². The number of unbranched alkanes of at least 4 members (excludes halogenated alkanes) is 5. The number of hydrogen-bond donors (Lipinski definition) is 1. The maximum atomic E-state index is 6.20. The zero-order chi connectivity index (χ0) is 14.1.